The predicted molar refractivity (Wildman–Crippen MR) is 112 cm³/mol. The van der Waals surface area contributed by atoms with E-state index in [0.29, 0.717) is 16.1 Å². The van der Waals surface area contributed by atoms with Crippen molar-refractivity contribution in [1.29, 1.82) is 0 Å². The lowest BCUT2D eigenvalue weighted by atomic mass is 10.0. The maximum absolute atomic E-state index is 12.6. The van der Waals surface area contributed by atoms with Gasteiger partial charge in [-0.05, 0) is 55.6 Å². The van der Waals surface area contributed by atoms with Gasteiger partial charge in [0.15, 0.2) is 0 Å². The quantitative estimate of drug-likeness (QED) is 0.631. The summed E-state index contributed by atoms with van der Waals surface area (Å²) in [7, 11) is 1.62. The molecule has 0 unspecified atom stereocenters. The number of benzene rings is 2. The molecule has 28 heavy (non-hydrogen) atoms. The molecule has 1 aromatic heterocycles. The average Bonchev–Trinajstić information content (AvgIpc) is 3.23. The lowest BCUT2D eigenvalue weighted by molar-refractivity contribution is 0.0939. The number of hydrogen-bond acceptors (Lipinski definition) is 4. The minimum absolute atomic E-state index is 0.160. The highest BCUT2D eigenvalue weighted by Crippen LogP contribution is 2.26. The van der Waals surface area contributed by atoms with Crippen LogP contribution in [0.4, 0.5) is 5.69 Å². The molecule has 2 N–H and O–H groups in total. The standard InChI is InChI=1S/C22H22N2O3S/c1-14-6-11-19(27-3)18(13-14)15(2)23-21(25)16-7-9-17(10-8-16)24-22(26)20-5-4-12-28-20/h4-13,15H,1-3H3,(H,23,25)(H,24,26)/t15-/m0/s1. The first kappa shape index (κ1) is 19.6. The van der Waals surface area contributed by atoms with Crippen LogP contribution < -0.4 is 15.4 Å². The fourth-order valence-corrected chi connectivity index (χ4v) is 3.47. The smallest absolute Gasteiger partial charge is 0.265 e. The van der Waals surface area contributed by atoms with Gasteiger partial charge in [0.2, 0.25) is 0 Å². The first-order valence-electron chi connectivity index (χ1n) is 8.88. The highest BCUT2D eigenvalue weighted by Gasteiger charge is 2.16. The Kier molecular flexibility index (Phi) is 6.11. The molecule has 0 saturated carbocycles. The third-order valence-electron chi connectivity index (χ3n) is 4.35. The van der Waals surface area contributed by atoms with Crippen molar-refractivity contribution >= 4 is 28.8 Å². The van der Waals surface area contributed by atoms with Gasteiger partial charge >= 0.3 is 0 Å². The largest absolute Gasteiger partial charge is 0.496 e. The number of ether oxygens (including phenoxy) is 1. The maximum Gasteiger partial charge on any atom is 0.265 e. The lowest BCUT2D eigenvalue weighted by Gasteiger charge is -2.18. The maximum atomic E-state index is 12.6. The van der Waals surface area contributed by atoms with E-state index in [1.54, 1.807) is 37.4 Å². The molecule has 2 aromatic carbocycles. The molecule has 0 aliphatic rings. The molecule has 1 atom stereocenters. The Labute approximate surface area is 168 Å². The average molecular weight is 394 g/mol. The van der Waals surface area contributed by atoms with Crippen molar-refractivity contribution in [3.05, 3.63) is 81.5 Å². The summed E-state index contributed by atoms with van der Waals surface area (Å²) >= 11 is 1.38. The molecule has 144 valence electrons. The van der Waals surface area contributed by atoms with Crippen LogP contribution in [0, 0.1) is 6.92 Å². The van der Waals surface area contributed by atoms with Crippen molar-refractivity contribution in [3.8, 4) is 5.75 Å². The Morgan fingerprint density at radius 1 is 1.04 bits per heavy atom. The van der Waals surface area contributed by atoms with Gasteiger partial charge in [0.25, 0.3) is 11.8 Å². The van der Waals surface area contributed by atoms with Crippen LogP contribution in [0.25, 0.3) is 0 Å². The number of anilines is 1. The number of hydrogen-bond donors (Lipinski definition) is 2. The highest BCUT2D eigenvalue weighted by molar-refractivity contribution is 7.12. The van der Waals surface area contributed by atoms with E-state index in [4.69, 9.17) is 4.74 Å². The molecule has 3 aromatic rings. The zero-order valence-electron chi connectivity index (χ0n) is 16.0. The molecule has 0 fully saturated rings. The molecule has 3 rings (SSSR count). The number of nitrogens with one attached hydrogen (secondary N) is 2. The van der Waals surface area contributed by atoms with Crippen LogP contribution in [0.1, 0.15) is 44.1 Å². The molecule has 2 amide bonds. The molecule has 0 spiro atoms. The number of thiophene rings is 1. The van der Waals surface area contributed by atoms with Gasteiger partial charge in [0.05, 0.1) is 18.0 Å². The Balaban J connectivity index is 1.66. The van der Waals surface area contributed by atoms with Crippen molar-refractivity contribution in [2.75, 3.05) is 12.4 Å². The topological polar surface area (TPSA) is 67.4 Å². The molecule has 0 aliphatic carbocycles. The molecule has 0 aliphatic heterocycles. The van der Waals surface area contributed by atoms with Crippen LogP contribution >= 0.6 is 11.3 Å². The summed E-state index contributed by atoms with van der Waals surface area (Å²) in [5.74, 6) is 0.393. The second-order valence-corrected chi connectivity index (χ2v) is 7.40. The first-order valence-corrected chi connectivity index (χ1v) is 9.76. The van der Waals surface area contributed by atoms with Crippen LogP contribution in [0.2, 0.25) is 0 Å². The zero-order valence-corrected chi connectivity index (χ0v) is 16.8. The van der Waals surface area contributed by atoms with Crippen LogP contribution in [0.15, 0.2) is 60.0 Å². The molecule has 0 bridgehead atoms. The van der Waals surface area contributed by atoms with Gasteiger partial charge in [0.1, 0.15) is 5.75 Å². The Hall–Kier alpha value is -3.12. The van der Waals surface area contributed by atoms with E-state index in [0.717, 1.165) is 16.9 Å². The number of aryl methyl sites for hydroxylation is 1. The SMILES string of the molecule is COc1ccc(C)cc1[C@H](C)NC(=O)c1ccc(NC(=O)c2cccs2)cc1. The normalized spacial score (nSPS) is 11.5. The molecular weight excluding hydrogens is 372 g/mol. The summed E-state index contributed by atoms with van der Waals surface area (Å²) in [5, 5.41) is 7.67. The van der Waals surface area contributed by atoms with Crippen LogP contribution in [0.3, 0.4) is 0 Å². The minimum Gasteiger partial charge on any atom is -0.496 e. The third-order valence-corrected chi connectivity index (χ3v) is 5.22. The third kappa shape index (κ3) is 4.58. The summed E-state index contributed by atoms with van der Waals surface area (Å²) < 4.78 is 5.40. The van der Waals surface area contributed by atoms with Gasteiger partial charge in [0, 0.05) is 16.8 Å². The number of carbonyl (C=O) groups is 2. The lowest BCUT2D eigenvalue weighted by Crippen LogP contribution is -2.27. The zero-order chi connectivity index (χ0) is 20.1. The summed E-state index contributed by atoms with van der Waals surface area (Å²) in [6.45, 7) is 3.92. The number of carbonyl (C=O) groups excluding carboxylic acids is 2. The van der Waals surface area contributed by atoms with E-state index in [-0.39, 0.29) is 17.9 Å². The molecule has 5 nitrogen and oxygen atoms in total. The molecule has 6 heteroatoms. The Morgan fingerprint density at radius 3 is 2.43 bits per heavy atom. The van der Waals surface area contributed by atoms with E-state index in [1.165, 1.54) is 11.3 Å². The van der Waals surface area contributed by atoms with Gasteiger partial charge in [-0.15, -0.1) is 11.3 Å². The van der Waals surface area contributed by atoms with Gasteiger partial charge in [-0.2, -0.15) is 0 Å². The highest BCUT2D eigenvalue weighted by atomic mass is 32.1. The van der Waals surface area contributed by atoms with Gasteiger partial charge < -0.3 is 15.4 Å². The summed E-state index contributed by atoms with van der Waals surface area (Å²) in [4.78, 5) is 25.3. The summed E-state index contributed by atoms with van der Waals surface area (Å²) in [5.41, 5.74) is 3.19. The van der Waals surface area contributed by atoms with Crippen molar-refractivity contribution in [1.82, 2.24) is 5.32 Å². The Morgan fingerprint density at radius 2 is 1.79 bits per heavy atom. The number of rotatable bonds is 6. The summed E-state index contributed by atoms with van der Waals surface area (Å²) in [6, 6.07) is 16.1. The van der Waals surface area contributed by atoms with Crippen molar-refractivity contribution in [2.45, 2.75) is 19.9 Å². The molecule has 1 heterocycles. The van der Waals surface area contributed by atoms with E-state index < -0.39 is 0 Å². The van der Waals surface area contributed by atoms with Gasteiger partial charge in [-0.3, -0.25) is 9.59 Å². The van der Waals surface area contributed by atoms with E-state index in [9.17, 15) is 9.59 Å². The molecular formula is C22H22N2O3S. The van der Waals surface area contributed by atoms with Crippen LogP contribution in [-0.2, 0) is 0 Å². The second kappa shape index (κ2) is 8.71. The van der Waals surface area contributed by atoms with Crippen LogP contribution in [-0.4, -0.2) is 18.9 Å². The second-order valence-electron chi connectivity index (χ2n) is 6.45. The van der Waals surface area contributed by atoms with Gasteiger partial charge in [-0.25, -0.2) is 0 Å². The van der Waals surface area contributed by atoms with E-state index in [2.05, 4.69) is 10.6 Å². The fraction of sp³-hybridized carbons (Fsp3) is 0.182. The van der Waals surface area contributed by atoms with E-state index >= 15 is 0 Å². The predicted octanol–water partition coefficient (Wildman–Crippen LogP) is 4.81. The minimum atomic E-state index is -0.208. The number of amides is 2. The van der Waals surface area contributed by atoms with Crippen LogP contribution in [0.5, 0.6) is 5.75 Å². The number of methoxy groups -OCH3 is 1. The van der Waals surface area contributed by atoms with Crippen molar-refractivity contribution < 1.29 is 14.3 Å². The Bertz CT molecular complexity index is 966. The summed E-state index contributed by atoms with van der Waals surface area (Å²) in [6.07, 6.45) is 0. The van der Waals surface area contributed by atoms with Crippen molar-refractivity contribution in [2.24, 2.45) is 0 Å². The molecule has 0 radical (unpaired) electrons. The van der Waals surface area contributed by atoms with E-state index in [1.807, 2.05) is 43.5 Å². The monoisotopic (exact) mass is 394 g/mol. The van der Waals surface area contributed by atoms with Crippen molar-refractivity contribution in [3.63, 3.8) is 0 Å². The fourth-order valence-electron chi connectivity index (χ4n) is 2.86. The molecule has 0 saturated heterocycles. The van der Waals surface area contributed by atoms with Gasteiger partial charge in [-0.1, -0.05) is 23.8 Å². The first-order chi connectivity index (χ1) is 13.5.